The van der Waals surface area contributed by atoms with Crippen molar-refractivity contribution in [3.8, 4) is 0 Å². The molecule has 1 aromatic carbocycles. The van der Waals surface area contributed by atoms with Crippen LogP contribution in [0.3, 0.4) is 0 Å². The molecule has 0 fully saturated rings. The fourth-order valence-corrected chi connectivity index (χ4v) is 3.64. The molecule has 1 unspecified atom stereocenters. The molecule has 1 atom stereocenters. The Morgan fingerprint density at radius 3 is 1.94 bits per heavy atom. The van der Waals surface area contributed by atoms with E-state index >= 15 is 0 Å². The molecule has 3 heteroatoms. The largest absolute Gasteiger partial charge is 0.494 e. The van der Waals surface area contributed by atoms with Gasteiger partial charge in [0.05, 0.1) is 6.61 Å². The van der Waals surface area contributed by atoms with Crippen molar-refractivity contribution in [1.82, 2.24) is 0 Å². The van der Waals surface area contributed by atoms with Gasteiger partial charge in [-0.25, -0.2) is 0 Å². The van der Waals surface area contributed by atoms with Crippen molar-refractivity contribution in [2.75, 3.05) is 13.7 Å². The van der Waals surface area contributed by atoms with Crippen LogP contribution < -0.4 is 5.73 Å². The lowest BCUT2D eigenvalue weighted by molar-refractivity contribution is 0.236. The number of rotatable bonds is 9. The van der Waals surface area contributed by atoms with Gasteiger partial charge in [0, 0.05) is 12.9 Å². The van der Waals surface area contributed by atoms with Gasteiger partial charge in [0.25, 0.3) is 0 Å². The van der Waals surface area contributed by atoms with Crippen molar-refractivity contribution in [2.45, 2.75) is 54.4 Å². The number of allylic oxidation sites excluding steroid dienone is 6. The van der Waals surface area contributed by atoms with Crippen LogP contribution >= 0.6 is 0 Å². The van der Waals surface area contributed by atoms with Crippen molar-refractivity contribution < 1.29 is 11.6 Å². The van der Waals surface area contributed by atoms with Crippen molar-refractivity contribution in [3.63, 3.8) is 0 Å². The van der Waals surface area contributed by atoms with Gasteiger partial charge >= 0.3 is 0 Å². The standard InChI is InChI=1S/C27H36O.CH5N.H2O.H2/c1-12-23-14-15-24(20(9)16-23)27(25(18(5)6)19(7)8)26(21(10)17(3)4)22(11)28-13-2;1-2;;/h12,14-16,27H,1,3,5,11,13H2,2,4,6-10H3;2H2,1H3;1H2;1H/b26-21+;;;. The van der Waals surface area contributed by atoms with E-state index in [1.807, 2.05) is 19.9 Å². The molecule has 3 nitrogen and oxygen atoms in total. The summed E-state index contributed by atoms with van der Waals surface area (Å²) >= 11 is 0. The lowest BCUT2D eigenvalue weighted by Crippen LogP contribution is -2.15. The summed E-state index contributed by atoms with van der Waals surface area (Å²) in [5.41, 5.74) is 14.7. The van der Waals surface area contributed by atoms with Gasteiger partial charge in [-0.15, -0.1) is 0 Å². The highest BCUT2D eigenvalue weighted by Gasteiger charge is 2.28. The molecule has 31 heavy (non-hydrogen) atoms. The number of benzene rings is 1. The molecular formula is C28H45NO2. The molecule has 0 saturated heterocycles. The van der Waals surface area contributed by atoms with Crippen LogP contribution in [-0.4, -0.2) is 19.1 Å². The number of aryl methyl sites for hydroxylation is 1. The van der Waals surface area contributed by atoms with Gasteiger partial charge in [0.1, 0.15) is 5.76 Å². The summed E-state index contributed by atoms with van der Waals surface area (Å²) in [6, 6.07) is 6.47. The Kier molecular flexibility index (Phi) is 14.2. The molecule has 0 aromatic heterocycles. The van der Waals surface area contributed by atoms with Crippen LogP contribution in [0.5, 0.6) is 0 Å². The van der Waals surface area contributed by atoms with Crippen LogP contribution in [0.1, 0.15) is 65.6 Å². The second-order valence-electron chi connectivity index (χ2n) is 7.62. The summed E-state index contributed by atoms with van der Waals surface area (Å²) in [7, 11) is 1.50. The Morgan fingerprint density at radius 2 is 1.58 bits per heavy atom. The van der Waals surface area contributed by atoms with Crippen molar-refractivity contribution >= 4 is 6.08 Å². The smallest absolute Gasteiger partial charge is 0.116 e. The predicted octanol–water partition coefficient (Wildman–Crippen LogP) is 7.07. The molecule has 0 aliphatic heterocycles. The van der Waals surface area contributed by atoms with Crippen molar-refractivity contribution in [1.29, 1.82) is 0 Å². The van der Waals surface area contributed by atoms with E-state index in [4.69, 9.17) is 4.74 Å². The normalized spacial score (nSPS) is 11.5. The van der Waals surface area contributed by atoms with Crippen LogP contribution in [0.15, 0.2) is 83.7 Å². The molecule has 0 amide bonds. The first kappa shape index (κ1) is 30.6. The number of ether oxygens (including phenoxy) is 1. The molecule has 0 saturated carbocycles. The van der Waals surface area contributed by atoms with E-state index in [9.17, 15) is 0 Å². The first-order valence-corrected chi connectivity index (χ1v) is 10.4. The number of nitrogens with two attached hydrogens (primary N) is 1. The average Bonchev–Trinajstić information content (AvgIpc) is 2.68. The van der Waals surface area contributed by atoms with Gasteiger partial charge in [-0.05, 0) is 83.4 Å². The summed E-state index contributed by atoms with van der Waals surface area (Å²) in [6.45, 7) is 31.8. The summed E-state index contributed by atoms with van der Waals surface area (Å²) in [4.78, 5) is 0. The van der Waals surface area contributed by atoms with Gasteiger partial charge < -0.3 is 15.9 Å². The van der Waals surface area contributed by atoms with Crippen LogP contribution in [0.25, 0.3) is 6.08 Å². The van der Waals surface area contributed by atoms with Crippen LogP contribution in [-0.2, 0) is 4.74 Å². The lowest BCUT2D eigenvalue weighted by Gasteiger charge is -2.30. The summed E-state index contributed by atoms with van der Waals surface area (Å²) in [5.74, 6) is 0.678. The van der Waals surface area contributed by atoms with E-state index < -0.39 is 0 Å². The van der Waals surface area contributed by atoms with E-state index in [1.165, 1.54) is 29.3 Å². The zero-order valence-electron chi connectivity index (χ0n) is 20.9. The molecule has 0 bridgehead atoms. The third-order valence-electron chi connectivity index (χ3n) is 5.08. The van der Waals surface area contributed by atoms with E-state index in [1.54, 1.807) is 0 Å². The molecule has 0 aliphatic carbocycles. The predicted molar refractivity (Wildman–Crippen MR) is 141 cm³/mol. The molecule has 4 N–H and O–H groups in total. The van der Waals surface area contributed by atoms with E-state index in [0.29, 0.717) is 12.4 Å². The highest BCUT2D eigenvalue weighted by molar-refractivity contribution is 5.59. The fraction of sp³-hybridized carbons (Fsp3) is 0.357. The third-order valence-corrected chi connectivity index (χ3v) is 5.08. The molecule has 1 rings (SSSR count). The first-order valence-electron chi connectivity index (χ1n) is 10.4. The van der Waals surface area contributed by atoms with Gasteiger partial charge in [0.2, 0.25) is 0 Å². The van der Waals surface area contributed by atoms with Crippen LogP contribution in [0.2, 0.25) is 0 Å². The quantitative estimate of drug-likeness (QED) is 0.338. The maximum atomic E-state index is 5.91. The van der Waals surface area contributed by atoms with Crippen molar-refractivity contribution in [3.05, 3.63) is 100 Å². The van der Waals surface area contributed by atoms with Crippen LogP contribution in [0.4, 0.5) is 0 Å². The molecule has 0 heterocycles. The third kappa shape index (κ3) is 7.86. The number of hydrogen-bond acceptors (Lipinski definition) is 2. The second-order valence-corrected chi connectivity index (χ2v) is 7.62. The van der Waals surface area contributed by atoms with Gasteiger partial charge in [0.15, 0.2) is 0 Å². The van der Waals surface area contributed by atoms with Crippen LogP contribution in [0, 0.1) is 6.92 Å². The minimum Gasteiger partial charge on any atom is -0.494 e. The molecular weight excluding hydrogens is 382 g/mol. The molecule has 1 aromatic rings. The summed E-state index contributed by atoms with van der Waals surface area (Å²) in [5, 5.41) is 0. The topological polar surface area (TPSA) is 66.8 Å². The fourth-order valence-electron chi connectivity index (χ4n) is 3.64. The number of hydrogen-bond donors (Lipinski definition) is 1. The Hall–Kier alpha value is -2.62. The maximum Gasteiger partial charge on any atom is 0.116 e. The van der Waals surface area contributed by atoms with E-state index in [2.05, 4.69) is 84.9 Å². The molecule has 0 spiro atoms. The van der Waals surface area contributed by atoms with E-state index in [0.717, 1.165) is 27.9 Å². The molecule has 0 radical (unpaired) electrons. The van der Waals surface area contributed by atoms with Gasteiger partial charge in [-0.1, -0.05) is 67.3 Å². The zero-order valence-corrected chi connectivity index (χ0v) is 20.9. The Morgan fingerprint density at radius 1 is 1.03 bits per heavy atom. The van der Waals surface area contributed by atoms with Gasteiger partial charge in [-0.2, -0.15) is 0 Å². The SMILES string of the molecule is C=Cc1ccc(C(C(C(=C)C)=C(C)C)/C(C(=C)OCC)=C(\C)C(=C)C)c(C)c1.CN.O.[HH]. The molecule has 174 valence electrons. The Bertz CT molecular complexity index is 871. The van der Waals surface area contributed by atoms with E-state index in [-0.39, 0.29) is 12.8 Å². The monoisotopic (exact) mass is 427 g/mol. The highest BCUT2D eigenvalue weighted by atomic mass is 16.5. The highest BCUT2D eigenvalue weighted by Crippen LogP contribution is 2.43. The van der Waals surface area contributed by atoms with Crippen molar-refractivity contribution in [2.24, 2.45) is 5.73 Å². The lowest BCUT2D eigenvalue weighted by atomic mass is 9.75. The Labute approximate surface area is 192 Å². The average molecular weight is 428 g/mol. The summed E-state index contributed by atoms with van der Waals surface area (Å²) < 4.78 is 5.91. The zero-order chi connectivity index (χ0) is 23.6. The van der Waals surface area contributed by atoms with Gasteiger partial charge in [-0.3, -0.25) is 0 Å². The Balaban J connectivity index is -0.00000204. The maximum absolute atomic E-state index is 5.91. The minimum atomic E-state index is -0.0166. The summed E-state index contributed by atoms with van der Waals surface area (Å²) in [6.07, 6.45) is 1.88. The molecule has 0 aliphatic rings. The first-order chi connectivity index (χ1) is 14.1. The second kappa shape index (κ2) is 14.4. The minimum absolute atomic E-state index is 0.